The molecule has 0 saturated carbocycles. The van der Waals surface area contributed by atoms with Crippen molar-refractivity contribution in [2.75, 3.05) is 20.4 Å². The van der Waals surface area contributed by atoms with Crippen molar-refractivity contribution in [2.24, 2.45) is 0 Å². The molecule has 0 aliphatic carbocycles. The third-order valence-corrected chi connectivity index (χ3v) is 4.01. The van der Waals surface area contributed by atoms with Crippen LogP contribution in [-0.2, 0) is 6.42 Å². The average molecular weight is 343 g/mol. The predicted molar refractivity (Wildman–Crippen MR) is 92.2 cm³/mol. The van der Waals surface area contributed by atoms with Crippen LogP contribution in [0.2, 0.25) is 0 Å². The molecule has 0 fully saturated rings. The van der Waals surface area contributed by atoms with Gasteiger partial charge in [0.15, 0.2) is 11.5 Å². The van der Waals surface area contributed by atoms with E-state index in [0.29, 0.717) is 23.5 Å². The van der Waals surface area contributed by atoms with E-state index in [9.17, 15) is 9.90 Å². The first-order valence-corrected chi connectivity index (χ1v) is 8.00. The first-order chi connectivity index (χ1) is 12.0. The molecule has 25 heavy (non-hydrogen) atoms. The highest BCUT2D eigenvalue weighted by Crippen LogP contribution is 2.32. The number of methoxy groups -OCH3 is 1. The second-order valence-corrected chi connectivity index (χ2v) is 6.27. The number of nitrogens with one attached hydrogen (secondary N) is 1. The summed E-state index contributed by atoms with van der Waals surface area (Å²) in [6.07, 6.45) is 0.415. The van der Waals surface area contributed by atoms with E-state index in [4.69, 9.17) is 14.2 Å². The van der Waals surface area contributed by atoms with Crippen molar-refractivity contribution in [3.05, 3.63) is 53.6 Å². The summed E-state index contributed by atoms with van der Waals surface area (Å²) in [4.78, 5) is 12.3. The topological polar surface area (TPSA) is 77.0 Å². The molecule has 1 unspecified atom stereocenters. The van der Waals surface area contributed by atoms with E-state index in [-0.39, 0.29) is 19.2 Å². The van der Waals surface area contributed by atoms with Crippen LogP contribution >= 0.6 is 0 Å². The highest BCUT2D eigenvalue weighted by molar-refractivity contribution is 5.95. The fraction of sp³-hybridized carbons (Fsp3) is 0.316. The van der Waals surface area contributed by atoms with Crippen molar-refractivity contribution in [2.45, 2.75) is 18.9 Å². The lowest BCUT2D eigenvalue weighted by atomic mass is 9.96. The summed E-state index contributed by atoms with van der Waals surface area (Å²) < 4.78 is 15.6. The van der Waals surface area contributed by atoms with Gasteiger partial charge in [0.2, 0.25) is 6.79 Å². The lowest BCUT2D eigenvalue weighted by Crippen LogP contribution is -2.42. The number of amides is 1. The van der Waals surface area contributed by atoms with Crippen LogP contribution < -0.4 is 19.5 Å². The molecule has 132 valence electrons. The molecule has 1 aliphatic rings. The standard InChI is InChI=1S/C19H21NO5/c1-19(22,10-13-3-6-15(23-2)7-4-13)11-20-18(21)14-5-8-16-17(9-14)25-12-24-16/h3-9,22H,10-12H2,1-2H3,(H,20,21). The quantitative estimate of drug-likeness (QED) is 0.840. The Hall–Kier alpha value is -2.73. The molecular formula is C19H21NO5. The first-order valence-electron chi connectivity index (χ1n) is 8.00. The van der Waals surface area contributed by atoms with Crippen molar-refractivity contribution < 1.29 is 24.1 Å². The number of hydrogen-bond acceptors (Lipinski definition) is 5. The van der Waals surface area contributed by atoms with E-state index in [2.05, 4.69) is 5.32 Å². The Labute approximate surface area is 146 Å². The van der Waals surface area contributed by atoms with Crippen molar-refractivity contribution in [3.63, 3.8) is 0 Å². The van der Waals surface area contributed by atoms with E-state index in [0.717, 1.165) is 11.3 Å². The maximum atomic E-state index is 12.3. The molecule has 1 amide bonds. The average Bonchev–Trinajstić information content (AvgIpc) is 3.08. The van der Waals surface area contributed by atoms with Gasteiger partial charge < -0.3 is 24.6 Å². The van der Waals surface area contributed by atoms with Crippen molar-refractivity contribution in [3.8, 4) is 17.2 Å². The van der Waals surface area contributed by atoms with Gasteiger partial charge in [-0.15, -0.1) is 0 Å². The molecule has 6 heteroatoms. The molecule has 0 radical (unpaired) electrons. The molecule has 3 rings (SSSR count). The van der Waals surface area contributed by atoms with Gasteiger partial charge in [-0.25, -0.2) is 0 Å². The normalized spacial score (nSPS) is 14.7. The molecule has 2 N–H and O–H groups in total. The van der Waals surface area contributed by atoms with E-state index in [1.165, 1.54) is 0 Å². The molecule has 0 bridgehead atoms. The Morgan fingerprint density at radius 1 is 1.20 bits per heavy atom. The van der Waals surface area contributed by atoms with Gasteiger partial charge in [0.25, 0.3) is 5.91 Å². The first kappa shape index (κ1) is 17.1. The highest BCUT2D eigenvalue weighted by Gasteiger charge is 2.23. The van der Waals surface area contributed by atoms with Crippen molar-refractivity contribution in [1.82, 2.24) is 5.32 Å². The zero-order chi connectivity index (χ0) is 17.9. The van der Waals surface area contributed by atoms with Gasteiger partial charge >= 0.3 is 0 Å². The summed E-state index contributed by atoms with van der Waals surface area (Å²) in [6.45, 7) is 1.99. The largest absolute Gasteiger partial charge is 0.497 e. The van der Waals surface area contributed by atoms with Crippen LogP contribution in [0, 0.1) is 0 Å². The lowest BCUT2D eigenvalue weighted by molar-refractivity contribution is 0.0552. The number of carbonyl (C=O) groups is 1. The Morgan fingerprint density at radius 2 is 1.92 bits per heavy atom. The maximum Gasteiger partial charge on any atom is 0.251 e. The predicted octanol–water partition coefficient (Wildman–Crippen LogP) is 2.15. The number of ether oxygens (including phenoxy) is 3. The number of rotatable bonds is 6. The smallest absolute Gasteiger partial charge is 0.251 e. The lowest BCUT2D eigenvalue weighted by Gasteiger charge is -2.24. The Morgan fingerprint density at radius 3 is 2.64 bits per heavy atom. The Balaban J connectivity index is 1.58. The number of fused-ring (bicyclic) bond motifs is 1. The van der Waals surface area contributed by atoms with E-state index in [1.807, 2.05) is 24.3 Å². The second-order valence-electron chi connectivity index (χ2n) is 6.27. The molecule has 1 atom stereocenters. The van der Waals surface area contributed by atoms with Gasteiger partial charge in [-0.3, -0.25) is 4.79 Å². The summed E-state index contributed by atoms with van der Waals surface area (Å²) >= 11 is 0. The molecule has 6 nitrogen and oxygen atoms in total. The molecule has 0 saturated heterocycles. The summed E-state index contributed by atoms with van der Waals surface area (Å²) in [6, 6.07) is 12.5. The van der Waals surface area contributed by atoms with Gasteiger partial charge in [-0.1, -0.05) is 12.1 Å². The maximum absolute atomic E-state index is 12.3. The minimum Gasteiger partial charge on any atom is -0.497 e. The van der Waals surface area contributed by atoms with Crippen LogP contribution in [0.1, 0.15) is 22.8 Å². The highest BCUT2D eigenvalue weighted by atomic mass is 16.7. The van der Waals surface area contributed by atoms with E-state index < -0.39 is 5.60 Å². The van der Waals surface area contributed by atoms with Crippen LogP contribution in [0.3, 0.4) is 0 Å². The third-order valence-electron chi connectivity index (χ3n) is 4.01. The molecular weight excluding hydrogens is 322 g/mol. The SMILES string of the molecule is COc1ccc(CC(C)(O)CNC(=O)c2ccc3c(c2)OCO3)cc1. The summed E-state index contributed by atoms with van der Waals surface area (Å²) in [5.74, 6) is 1.67. The van der Waals surface area contributed by atoms with Crippen LogP contribution in [0.4, 0.5) is 0 Å². The van der Waals surface area contributed by atoms with Gasteiger partial charge in [-0.2, -0.15) is 0 Å². The zero-order valence-corrected chi connectivity index (χ0v) is 14.2. The summed E-state index contributed by atoms with van der Waals surface area (Å²) in [5, 5.41) is 13.3. The van der Waals surface area contributed by atoms with Crippen LogP contribution in [-0.4, -0.2) is 37.1 Å². The molecule has 2 aromatic carbocycles. The number of benzene rings is 2. The number of hydrogen-bond donors (Lipinski definition) is 2. The van der Waals surface area contributed by atoms with Crippen molar-refractivity contribution in [1.29, 1.82) is 0 Å². The fourth-order valence-electron chi connectivity index (χ4n) is 2.66. The molecule has 2 aromatic rings. The summed E-state index contributed by atoms with van der Waals surface area (Å²) in [7, 11) is 1.61. The zero-order valence-electron chi connectivity index (χ0n) is 14.2. The van der Waals surface area contributed by atoms with Gasteiger partial charge in [0.05, 0.1) is 12.7 Å². The van der Waals surface area contributed by atoms with E-state index >= 15 is 0 Å². The molecule has 1 aliphatic heterocycles. The molecule has 1 heterocycles. The monoisotopic (exact) mass is 343 g/mol. The van der Waals surface area contributed by atoms with Crippen LogP contribution in [0.25, 0.3) is 0 Å². The Kier molecular flexibility index (Phi) is 4.81. The summed E-state index contributed by atoms with van der Waals surface area (Å²) in [5.41, 5.74) is 0.355. The second kappa shape index (κ2) is 7.03. The minimum absolute atomic E-state index is 0.131. The van der Waals surface area contributed by atoms with Crippen LogP contribution in [0.15, 0.2) is 42.5 Å². The number of carbonyl (C=O) groups excluding carboxylic acids is 1. The molecule has 0 spiro atoms. The van der Waals surface area contributed by atoms with Crippen LogP contribution in [0.5, 0.6) is 17.2 Å². The van der Waals surface area contributed by atoms with Crippen molar-refractivity contribution >= 4 is 5.91 Å². The van der Waals surface area contributed by atoms with Gasteiger partial charge in [-0.05, 0) is 42.8 Å². The van der Waals surface area contributed by atoms with E-state index in [1.54, 1.807) is 32.2 Å². The molecule has 0 aromatic heterocycles. The Bertz CT molecular complexity index is 755. The number of aliphatic hydroxyl groups is 1. The van der Waals surface area contributed by atoms with Gasteiger partial charge in [0.1, 0.15) is 5.75 Å². The van der Waals surface area contributed by atoms with Gasteiger partial charge in [0, 0.05) is 18.5 Å². The third kappa shape index (κ3) is 4.22. The fourth-order valence-corrected chi connectivity index (χ4v) is 2.66. The minimum atomic E-state index is -1.07.